The van der Waals surface area contributed by atoms with E-state index in [1.54, 1.807) is 12.5 Å². The van der Waals surface area contributed by atoms with Crippen LogP contribution < -0.4 is 11.1 Å². The standard InChI is InChI=1S/C16H26N4O3/c1-4-15(23-5-2)14(8-12-9-18-10-19-12)20-16(22)7-6-13(17)11(3)21/h4,9-10,13-14H,5-8,17H2,1-3H3,(H,18,19)(H,20,22). The number of amides is 1. The second-order valence-corrected chi connectivity index (χ2v) is 5.28. The van der Waals surface area contributed by atoms with E-state index in [0.717, 1.165) is 5.69 Å². The van der Waals surface area contributed by atoms with E-state index in [1.165, 1.54) is 6.92 Å². The number of allylic oxidation sites excluding steroid dienone is 1. The molecule has 1 aromatic heterocycles. The van der Waals surface area contributed by atoms with Crippen LogP contribution in [0.25, 0.3) is 0 Å². The van der Waals surface area contributed by atoms with Gasteiger partial charge in [-0.2, -0.15) is 0 Å². The van der Waals surface area contributed by atoms with Crippen molar-refractivity contribution in [2.45, 2.75) is 52.1 Å². The van der Waals surface area contributed by atoms with Gasteiger partial charge in [0.15, 0.2) is 0 Å². The van der Waals surface area contributed by atoms with Gasteiger partial charge in [0.2, 0.25) is 5.91 Å². The minimum absolute atomic E-state index is 0.115. The highest BCUT2D eigenvalue weighted by Crippen LogP contribution is 2.11. The number of imidazole rings is 1. The lowest BCUT2D eigenvalue weighted by atomic mass is 10.1. The van der Waals surface area contributed by atoms with Gasteiger partial charge < -0.3 is 20.8 Å². The minimum atomic E-state index is -0.597. The van der Waals surface area contributed by atoms with Crippen molar-refractivity contribution >= 4 is 11.7 Å². The smallest absolute Gasteiger partial charge is 0.220 e. The summed E-state index contributed by atoms with van der Waals surface area (Å²) in [6, 6.07) is -0.888. The maximum atomic E-state index is 12.1. The molecule has 1 heterocycles. The summed E-state index contributed by atoms with van der Waals surface area (Å²) >= 11 is 0. The maximum absolute atomic E-state index is 12.1. The van der Waals surface area contributed by atoms with Crippen molar-refractivity contribution in [3.05, 3.63) is 30.1 Å². The van der Waals surface area contributed by atoms with E-state index in [4.69, 9.17) is 10.5 Å². The van der Waals surface area contributed by atoms with E-state index in [-0.39, 0.29) is 24.2 Å². The summed E-state index contributed by atoms with van der Waals surface area (Å²) in [5.74, 6) is 0.423. The molecule has 0 aliphatic carbocycles. The SMILES string of the molecule is CC=C(OCC)C(Cc1cnc[nH]1)NC(=O)CCC(N)C(C)=O. The van der Waals surface area contributed by atoms with Crippen LogP contribution in [0.3, 0.4) is 0 Å². The van der Waals surface area contributed by atoms with Crippen LogP contribution in [-0.2, 0) is 20.7 Å². The third kappa shape index (κ3) is 6.65. The predicted molar refractivity (Wildman–Crippen MR) is 87.5 cm³/mol. The maximum Gasteiger partial charge on any atom is 0.220 e. The van der Waals surface area contributed by atoms with Gasteiger partial charge in [-0.3, -0.25) is 9.59 Å². The van der Waals surface area contributed by atoms with Gasteiger partial charge in [0.05, 0.1) is 25.0 Å². The van der Waals surface area contributed by atoms with Gasteiger partial charge in [-0.25, -0.2) is 4.98 Å². The fraction of sp³-hybridized carbons (Fsp3) is 0.562. The van der Waals surface area contributed by atoms with Crippen molar-refractivity contribution in [1.29, 1.82) is 0 Å². The van der Waals surface area contributed by atoms with Gasteiger partial charge in [-0.05, 0) is 33.3 Å². The Hall–Kier alpha value is -2.15. The Balaban J connectivity index is 2.68. The van der Waals surface area contributed by atoms with Crippen LogP contribution in [-0.4, -0.2) is 40.3 Å². The number of hydrogen-bond donors (Lipinski definition) is 3. The number of carbonyl (C=O) groups excluding carboxylic acids is 2. The van der Waals surface area contributed by atoms with Crippen LogP contribution in [0.5, 0.6) is 0 Å². The molecule has 1 amide bonds. The largest absolute Gasteiger partial charge is 0.496 e. The minimum Gasteiger partial charge on any atom is -0.496 e. The van der Waals surface area contributed by atoms with Gasteiger partial charge in [0.1, 0.15) is 11.5 Å². The summed E-state index contributed by atoms with van der Waals surface area (Å²) in [4.78, 5) is 30.3. The molecule has 0 aliphatic heterocycles. The molecule has 0 fully saturated rings. The lowest BCUT2D eigenvalue weighted by Crippen LogP contribution is -2.40. The van der Waals surface area contributed by atoms with Crippen LogP contribution in [0.2, 0.25) is 0 Å². The Morgan fingerprint density at radius 1 is 1.52 bits per heavy atom. The molecular formula is C16H26N4O3. The number of nitrogens with one attached hydrogen (secondary N) is 2. The van der Waals surface area contributed by atoms with E-state index in [1.807, 2.05) is 19.9 Å². The van der Waals surface area contributed by atoms with Gasteiger partial charge in [0, 0.05) is 24.7 Å². The van der Waals surface area contributed by atoms with Gasteiger partial charge in [0.25, 0.3) is 0 Å². The Bertz CT molecular complexity index is 525. The molecule has 4 N–H and O–H groups in total. The van der Waals surface area contributed by atoms with Crippen molar-refractivity contribution in [3.63, 3.8) is 0 Å². The molecule has 1 aromatic rings. The molecule has 0 saturated carbocycles. The number of carbonyl (C=O) groups is 2. The average Bonchev–Trinajstić information content (AvgIpc) is 3.02. The zero-order valence-corrected chi connectivity index (χ0v) is 14.0. The highest BCUT2D eigenvalue weighted by atomic mass is 16.5. The Kier molecular flexibility index (Phi) is 8.04. The molecule has 0 saturated heterocycles. The van der Waals surface area contributed by atoms with Crippen LogP contribution in [0.15, 0.2) is 24.4 Å². The number of aromatic nitrogens is 2. The monoisotopic (exact) mass is 322 g/mol. The summed E-state index contributed by atoms with van der Waals surface area (Å²) in [6.45, 7) is 5.70. The topological polar surface area (TPSA) is 110 Å². The van der Waals surface area contributed by atoms with Crippen molar-refractivity contribution in [3.8, 4) is 0 Å². The number of ether oxygens (including phenoxy) is 1. The lowest BCUT2D eigenvalue weighted by molar-refractivity contribution is -0.122. The highest BCUT2D eigenvalue weighted by molar-refractivity contribution is 5.82. The molecule has 0 aromatic carbocycles. The van der Waals surface area contributed by atoms with E-state index >= 15 is 0 Å². The third-order valence-corrected chi connectivity index (χ3v) is 3.46. The number of H-pyrrole nitrogens is 1. The van der Waals surface area contributed by atoms with Crippen LogP contribution >= 0.6 is 0 Å². The van der Waals surface area contributed by atoms with Gasteiger partial charge >= 0.3 is 0 Å². The average molecular weight is 322 g/mol. The molecule has 23 heavy (non-hydrogen) atoms. The summed E-state index contributed by atoms with van der Waals surface area (Å²) in [5, 5.41) is 2.94. The Morgan fingerprint density at radius 2 is 2.26 bits per heavy atom. The molecule has 1 rings (SSSR count). The van der Waals surface area contributed by atoms with Crippen molar-refractivity contribution in [2.75, 3.05) is 6.61 Å². The van der Waals surface area contributed by atoms with Gasteiger partial charge in [-0.15, -0.1) is 0 Å². The summed E-state index contributed by atoms with van der Waals surface area (Å²) in [6.07, 6.45) is 6.22. The van der Waals surface area contributed by atoms with Crippen LogP contribution in [0.1, 0.15) is 39.3 Å². The molecule has 0 bridgehead atoms. The first-order chi connectivity index (χ1) is 11.0. The summed E-state index contributed by atoms with van der Waals surface area (Å²) < 4.78 is 5.60. The number of nitrogens with zero attached hydrogens (tertiary/aromatic N) is 1. The van der Waals surface area contributed by atoms with Crippen molar-refractivity contribution in [1.82, 2.24) is 15.3 Å². The number of aromatic amines is 1. The fourth-order valence-corrected chi connectivity index (χ4v) is 2.15. The van der Waals surface area contributed by atoms with E-state index in [0.29, 0.717) is 25.2 Å². The second kappa shape index (κ2) is 9.78. The third-order valence-electron chi connectivity index (χ3n) is 3.46. The van der Waals surface area contributed by atoms with E-state index in [2.05, 4.69) is 15.3 Å². The Labute approximate surface area is 136 Å². The molecule has 0 radical (unpaired) electrons. The number of hydrogen-bond acceptors (Lipinski definition) is 5. The first-order valence-corrected chi connectivity index (χ1v) is 7.79. The highest BCUT2D eigenvalue weighted by Gasteiger charge is 2.20. The molecular weight excluding hydrogens is 296 g/mol. The molecule has 7 nitrogen and oxygen atoms in total. The zero-order valence-electron chi connectivity index (χ0n) is 14.0. The number of nitrogens with two attached hydrogens (primary N) is 1. The molecule has 128 valence electrons. The fourth-order valence-electron chi connectivity index (χ4n) is 2.15. The number of ketones is 1. The zero-order chi connectivity index (χ0) is 17.2. The second-order valence-electron chi connectivity index (χ2n) is 5.28. The molecule has 2 unspecified atom stereocenters. The normalized spacial score (nSPS) is 14.2. The Morgan fingerprint density at radius 3 is 2.78 bits per heavy atom. The molecule has 0 aliphatic rings. The van der Waals surface area contributed by atoms with E-state index < -0.39 is 6.04 Å². The lowest BCUT2D eigenvalue weighted by Gasteiger charge is -2.21. The predicted octanol–water partition coefficient (Wildman–Crippen LogP) is 1.07. The first kappa shape index (κ1) is 18.9. The molecule has 2 atom stereocenters. The quantitative estimate of drug-likeness (QED) is 0.558. The van der Waals surface area contributed by atoms with Crippen molar-refractivity contribution < 1.29 is 14.3 Å². The van der Waals surface area contributed by atoms with Crippen LogP contribution in [0, 0.1) is 0 Å². The summed E-state index contributed by atoms with van der Waals surface area (Å²) in [7, 11) is 0. The van der Waals surface area contributed by atoms with Gasteiger partial charge in [-0.1, -0.05) is 0 Å². The number of rotatable bonds is 10. The van der Waals surface area contributed by atoms with Crippen molar-refractivity contribution in [2.24, 2.45) is 5.73 Å². The van der Waals surface area contributed by atoms with E-state index in [9.17, 15) is 9.59 Å². The first-order valence-electron chi connectivity index (χ1n) is 7.79. The number of Topliss-reactive ketones (excluding diaryl/α,β-unsaturated/α-hetero) is 1. The molecule has 0 spiro atoms. The van der Waals surface area contributed by atoms with Crippen LogP contribution in [0.4, 0.5) is 0 Å². The molecule has 7 heteroatoms. The summed E-state index contributed by atoms with van der Waals surface area (Å²) in [5.41, 5.74) is 6.56.